The second-order valence-electron chi connectivity index (χ2n) is 5.26. The molecule has 0 aliphatic heterocycles. The van der Waals surface area contributed by atoms with Crippen LogP contribution in [0.1, 0.15) is 37.8 Å². The van der Waals surface area contributed by atoms with Crippen molar-refractivity contribution in [2.24, 2.45) is 7.05 Å². The van der Waals surface area contributed by atoms with Crippen LogP contribution >= 0.6 is 0 Å². The number of carbonyl (C=O) groups excluding carboxylic acids is 1. The quantitative estimate of drug-likeness (QED) is 0.763. The normalized spacial score (nSPS) is 13.6. The average Bonchev–Trinajstić information content (AvgIpc) is 3.09. The topological polar surface area (TPSA) is 92.3 Å². The molecule has 2 atom stereocenters. The minimum Gasteiger partial charge on any atom is -0.467 e. The predicted molar refractivity (Wildman–Crippen MR) is 82.5 cm³/mol. The van der Waals surface area contributed by atoms with Crippen LogP contribution in [0.25, 0.3) is 0 Å². The molecule has 0 aliphatic rings. The summed E-state index contributed by atoms with van der Waals surface area (Å²) in [5.41, 5.74) is 0.916. The van der Waals surface area contributed by atoms with E-state index in [1.807, 2.05) is 19.9 Å². The van der Waals surface area contributed by atoms with Crippen LogP contribution in [0.2, 0.25) is 0 Å². The lowest BCUT2D eigenvalue weighted by Crippen LogP contribution is -2.37. The zero-order valence-electron chi connectivity index (χ0n) is 13.0. The van der Waals surface area contributed by atoms with Gasteiger partial charge in [-0.2, -0.15) is 5.10 Å². The molecule has 0 radical (unpaired) electrons. The molecule has 22 heavy (non-hydrogen) atoms. The van der Waals surface area contributed by atoms with Crippen LogP contribution in [0, 0.1) is 0 Å². The number of anilines is 1. The molecule has 0 fully saturated rings. The van der Waals surface area contributed by atoms with Crippen LogP contribution in [0.4, 0.5) is 10.6 Å². The molecule has 0 saturated carbocycles. The van der Waals surface area contributed by atoms with Crippen LogP contribution in [-0.4, -0.2) is 27.0 Å². The Morgan fingerprint density at radius 3 is 2.91 bits per heavy atom. The third-order valence-corrected chi connectivity index (χ3v) is 3.36. The molecule has 0 saturated heterocycles. The molecule has 3 N–H and O–H groups in total. The van der Waals surface area contributed by atoms with Gasteiger partial charge in [0.2, 0.25) is 0 Å². The smallest absolute Gasteiger partial charge is 0.320 e. The largest absolute Gasteiger partial charge is 0.467 e. The highest BCUT2D eigenvalue weighted by Gasteiger charge is 2.17. The monoisotopic (exact) mass is 306 g/mol. The van der Waals surface area contributed by atoms with E-state index in [1.54, 1.807) is 23.9 Å². The van der Waals surface area contributed by atoms with E-state index in [-0.39, 0.29) is 12.1 Å². The third-order valence-electron chi connectivity index (χ3n) is 3.36. The van der Waals surface area contributed by atoms with Crippen molar-refractivity contribution in [1.29, 1.82) is 0 Å². The Bertz CT molecular complexity index is 606. The Kier molecular flexibility index (Phi) is 5.21. The summed E-state index contributed by atoms with van der Waals surface area (Å²) in [5, 5.41) is 19.8. The van der Waals surface area contributed by atoms with E-state index in [4.69, 9.17) is 4.42 Å². The molecule has 2 amide bonds. The van der Waals surface area contributed by atoms with E-state index in [1.165, 1.54) is 6.26 Å². The van der Waals surface area contributed by atoms with E-state index in [9.17, 15) is 9.90 Å². The molecule has 0 aliphatic carbocycles. The van der Waals surface area contributed by atoms with Crippen molar-refractivity contribution < 1.29 is 14.3 Å². The summed E-state index contributed by atoms with van der Waals surface area (Å²) in [5.74, 6) is 1.13. The zero-order valence-corrected chi connectivity index (χ0v) is 13.0. The van der Waals surface area contributed by atoms with Crippen LogP contribution in [0.3, 0.4) is 0 Å². The van der Waals surface area contributed by atoms with Gasteiger partial charge in [-0.15, -0.1) is 0 Å². The fraction of sp³-hybridized carbons (Fsp3) is 0.467. The lowest BCUT2D eigenvalue weighted by molar-refractivity contribution is 0.130. The second kappa shape index (κ2) is 7.13. The van der Waals surface area contributed by atoms with Gasteiger partial charge < -0.3 is 14.8 Å². The fourth-order valence-corrected chi connectivity index (χ4v) is 2.18. The molecule has 0 bridgehead atoms. The maximum absolute atomic E-state index is 12.0. The van der Waals surface area contributed by atoms with E-state index in [0.29, 0.717) is 18.0 Å². The Hall–Kier alpha value is -2.28. The number of aromatic nitrogens is 2. The van der Waals surface area contributed by atoms with Crippen LogP contribution in [0.15, 0.2) is 28.9 Å². The highest BCUT2D eigenvalue weighted by Crippen LogP contribution is 2.18. The summed E-state index contributed by atoms with van der Waals surface area (Å²) < 4.78 is 6.76. The Morgan fingerprint density at radius 2 is 2.32 bits per heavy atom. The molecule has 2 aromatic rings. The van der Waals surface area contributed by atoms with Crippen molar-refractivity contribution in [3.05, 3.63) is 35.9 Å². The zero-order chi connectivity index (χ0) is 16.1. The van der Waals surface area contributed by atoms with Crippen molar-refractivity contribution >= 4 is 11.8 Å². The van der Waals surface area contributed by atoms with Crippen LogP contribution in [-0.2, 0) is 13.5 Å². The number of furan rings is 1. The summed E-state index contributed by atoms with van der Waals surface area (Å²) >= 11 is 0. The number of rotatable bonds is 6. The molecule has 2 heterocycles. The van der Waals surface area contributed by atoms with Gasteiger partial charge in [0.05, 0.1) is 12.0 Å². The maximum atomic E-state index is 12.0. The first-order valence-corrected chi connectivity index (χ1v) is 7.31. The number of aryl methyl sites for hydroxylation is 2. The Labute approximate surface area is 129 Å². The van der Waals surface area contributed by atoms with E-state index in [0.717, 1.165) is 12.1 Å². The van der Waals surface area contributed by atoms with Crippen molar-refractivity contribution in [1.82, 2.24) is 15.1 Å². The van der Waals surface area contributed by atoms with Crippen molar-refractivity contribution in [2.75, 3.05) is 5.32 Å². The first kappa shape index (κ1) is 16.1. The minimum absolute atomic E-state index is 0.209. The molecule has 7 heteroatoms. The average molecular weight is 306 g/mol. The molecule has 7 nitrogen and oxygen atoms in total. The van der Waals surface area contributed by atoms with Gasteiger partial charge >= 0.3 is 6.03 Å². The molecule has 2 rings (SSSR count). The molecular weight excluding hydrogens is 284 g/mol. The van der Waals surface area contributed by atoms with Gasteiger partial charge in [0.15, 0.2) is 0 Å². The fourth-order valence-electron chi connectivity index (χ4n) is 2.18. The van der Waals surface area contributed by atoms with Gasteiger partial charge in [0, 0.05) is 25.6 Å². The van der Waals surface area contributed by atoms with Gasteiger partial charge in [-0.1, -0.05) is 6.92 Å². The predicted octanol–water partition coefficient (Wildman–Crippen LogP) is 2.21. The van der Waals surface area contributed by atoms with E-state index < -0.39 is 6.10 Å². The highest BCUT2D eigenvalue weighted by atomic mass is 16.4. The number of hydrogen-bond donors (Lipinski definition) is 3. The lowest BCUT2D eigenvalue weighted by atomic mass is 10.1. The SMILES string of the molecule is CCc1cc(NC(=O)NC(C)CC(O)c2ccco2)n(C)n1. The number of hydrogen-bond acceptors (Lipinski definition) is 4. The minimum atomic E-state index is -0.742. The van der Waals surface area contributed by atoms with Gasteiger partial charge in [0.25, 0.3) is 0 Å². The van der Waals surface area contributed by atoms with Crippen molar-refractivity contribution in [3.8, 4) is 0 Å². The third kappa shape index (κ3) is 4.11. The Balaban J connectivity index is 1.84. The summed E-state index contributed by atoms with van der Waals surface area (Å²) in [7, 11) is 1.78. The number of nitrogens with zero attached hydrogens (tertiary/aromatic N) is 2. The molecule has 2 unspecified atom stereocenters. The number of aliphatic hydroxyl groups excluding tert-OH is 1. The number of nitrogens with one attached hydrogen (secondary N) is 2. The number of amides is 2. The first-order valence-electron chi connectivity index (χ1n) is 7.31. The standard InChI is InChI=1S/C15H22N4O3/c1-4-11-9-14(19(3)18-11)17-15(21)16-10(2)8-12(20)13-6-5-7-22-13/h5-7,9-10,12,20H,4,8H2,1-3H3,(H2,16,17,21). The maximum Gasteiger partial charge on any atom is 0.320 e. The molecule has 0 aromatic carbocycles. The molecule has 0 spiro atoms. The van der Waals surface area contributed by atoms with Gasteiger partial charge in [-0.25, -0.2) is 4.79 Å². The van der Waals surface area contributed by atoms with Crippen LogP contribution < -0.4 is 10.6 Å². The van der Waals surface area contributed by atoms with Gasteiger partial charge in [-0.05, 0) is 25.5 Å². The summed E-state index contributed by atoms with van der Waals surface area (Å²) in [6, 6.07) is 4.72. The lowest BCUT2D eigenvalue weighted by Gasteiger charge is -2.17. The van der Waals surface area contributed by atoms with Crippen molar-refractivity contribution in [2.45, 2.75) is 38.8 Å². The van der Waals surface area contributed by atoms with Gasteiger partial charge in [0.1, 0.15) is 17.7 Å². The number of carbonyl (C=O) groups is 1. The second-order valence-corrected chi connectivity index (χ2v) is 5.26. The molecule has 120 valence electrons. The number of aliphatic hydroxyl groups is 1. The molecule has 2 aromatic heterocycles. The highest BCUT2D eigenvalue weighted by molar-refractivity contribution is 5.88. The molecular formula is C15H22N4O3. The van der Waals surface area contributed by atoms with Gasteiger partial charge in [-0.3, -0.25) is 10.00 Å². The van der Waals surface area contributed by atoms with Crippen LogP contribution in [0.5, 0.6) is 0 Å². The first-order chi connectivity index (χ1) is 10.5. The summed E-state index contributed by atoms with van der Waals surface area (Å²) in [6.07, 6.45) is 1.95. The van der Waals surface area contributed by atoms with E-state index in [2.05, 4.69) is 15.7 Å². The van der Waals surface area contributed by atoms with Crippen molar-refractivity contribution in [3.63, 3.8) is 0 Å². The van der Waals surface area contributed by atoms with E-state index >= 15 is 0 Å². The Morgan fingerprint density at radius 1 is 1.55 bits per heavy atom. The number of urea groups is 1. The summed E-state index contributed by atoms with van der Waals surface area (Å²) in [4.78, 5) is 12.0. The summed E-state index contributed by atoms with van der Waals surface area (Å²) in [6.45, 7) is 3.83.